The number of nitrogens with zero attached hydrogens (tertiary/aromatic N) is 1. The number of carbonyl (C=O) groups excluding carboxylic acids is 1. The average Bonchev–Trinajstić information content (AvgIpc) is 2.29. The number of carbonyl (C=O) groups is 1. The molecule has 0 fully saturated rings. The van der Waals surface area contributed by atoms with Crippen LogP contribution in [-0.4, -0.2) is 35.6 Å². The maximum atomic E-state index is 13.6. The molecule has 0 saturated heterocycles. The molecular formula is C11H13BrFNO2. The second-order valence-corrected chi connectivity index (χ2v) is 4.40. The van der Waals surface area contributed by atoms with E-state index in [0.29, 0.717) is 0 Å². The van der Waals surface area contributed by atoms with Gasteiger partial charge in [-0.3, -0.25) is 4.79 Å². The fraction of sp³-hybridized carbons (Fsp3) is 0.364. The van der Waals surface area contributed by atoms with E-state index in [2.05, 4.69) is 15.9 Å². The molecule has 1 N–H and O–H groups in total. The lowest BCUT2D eigenvalue weighted by Gasteiger charge is -2.23. The SMILES string of the molecule is CC(CO)N(C)C(=O)c1cccc(Br)c1F. The van der Waals surface area contributed by atoms with Crippen molar-refractivity contribution in [1.82, 2.24) is 4.90 Å². The first-order valence-electron chi connectivity index (χ1n) is 4.81. The molecule has 0 aliphatic heterocycles. The van der Waals surface area contributed by atoms with Crippen LogP contribution < -0.4 is 0 Å². The molecule has 0 saturated carbocycles. The Hall–Kier alpha value is -0.940. The second kappa shape index (κ2) is 5.41. The fourth-order valence-corrected chi connectivity index (χ4v) is 1.55. The predicted octanol–water partition coefficient (Wildman–Crippen LogP) is 2.04. The third-order valence-corrected chi connectivity index (χ3v) is 3.04. The van der Waals surface area contributed by atoms with Crippen molar-refractivity contribution >= 4 is 21.8 Å². The minimum Gasteiger partial charge on any atom is -0.394 e. The van der Waals surface area contributed by atoms with Gasteiger partial charge in [-0.15, -0.1) is 0 Å². The Bertz CT molecular complexity index is 398. The standard InChI is InChI=1S/C11H13BrFNO2/c1-7(6-15)14(2)11(16)8-4-3-5-9(12)10(8)13/h3-5,7,15H,6H2,1-2H3. The molecule has 0 radical (unpaired) electrons. The largest absolute Gasteiger partial charge is 0.394 e. The van der Waals surface area contributed by atoms with Crippen molar-refractivity contribution in [3.63, 3.8) is 0 Å². The molecule has 1 aromatic rings. The highest BCUT2D eigenvalue weighted by molar-refractivity contribution is 9.10. The molecule has 1 aromatic carbocycles. The van der Waals surface area contributed by atoms with Gasteiger partial charge in [-0.25, -0.2) is 4.39 Å². The van der Waals surface area contributed by atoms with Gasteiger partial charge in [0, 0.05) is 7.05 Å². The number of hydrogen-bond donors (Lipinski definition) is 1. The van der Waals surface area contributed by atoms with Crippen LogP contribution in [0.4, 0.5) is 4.39 Å². The van der Waals surface area contributed by atoms with Crippen molar-refractivity contribution in [1.29, 1.82) is 0 Å². The van der Waals surface area contributed by atoms with Crippen LogP contribution in [0.5, 0.6) is 0 Å². The topological polar surface area (TPSA) is 40.5 Å². The number of aliphatic hydroxyl groups is 1. The summed E-state index contributed by atoms with van der Waals surface area (Å²) in [5.74, 6) is -1.02. The maximum absolute atomic E-state index is 13.6. The Morgan fingerprint density at radius 3 is 2.81 bits per heavy atom. The second-order valence-electron chi connectivity index (χ2n) is 3.55. The number of aliphatic hydroxyl groups excluding tert-OH is 1. The van der Waals surface area contributed by atoms with Crippen LogP contribution >= 0.6 is 15.9 Å². The Kier molecular flexibility index (Phi) is 4.44. The summed E-state index contributed by atoms with van der Waals surface area (Å²) in [4.78, 5) is 13.2. The van der Waals surface area contributed by atoms with E-state index in [4.69, 9.17) is 5.11 Å². The van der Waals surface area contributed by atoms with Gasteiger partial charge in [-0.1, -0.05) is 6.07 Å². The number of benzene rings is 1. The molecule has 1 atom stereocenters. The summed E-state index contributed by atoms with van der Waals surface area (Å²) in [6.07, 6.45) is 0. The molecule has 0 heterocycles. The molecule has 1 amide bonds. The quantitative estimate of drug-likeness (QED) is 0.925. The van der Waals surface area contributed by atoms with Gasteiger partial charge in [0.15, 0.2) is 0 Å². The van der Waals surface area contributed by atoms with E-state index < -0.39 is 11.7 Å². The average molecular weight is 290 g/mol. The molecule has 1 rings (SSSR count). The first kappa shape index (κ1) is 13.1. The van der Waals surface area contributed by atoms with Gasteiger partial charge < -0.3 is 10.0 Å². The lowest BCUT2D eigenvalue weighted by atomic mass is 10.1. The maximum Gasteiger partial charge on any atom is 0.256 e. The molecule has 0 aliphatic carbocycles. The van der Waals surface area contributed by atoms with Crippen LogP contribution in [0, 0.1) is 5.82 Å². The summed E-state index contributed by atoms with van der Waals surface area (Å²) in [7, 11) is 1.53. The molecule has 0 bridgehead atoms. The zero-order valence-corrected chi connectivity index (χ0v) is 10.7. The van der Waals surface area contributed by atoms with Crippen molar-refractivity contribution in [3.8, 4) is 0 Å². The normalized spacial score (nSPS) is 12.3. The van der Waals surface area contributed by atoms with Gasteiger partial charge >= 0.3 is 0 Å². The van der Waals surface area contributed by atoms with Gasteiger partial charge in [-0.05, 0) is 35.0 Å². The van der Waals surface area contributed by atoms with Crippen LogP contribution in [0.15, 0.2) is 22.7 Å². The third kappa shape index (κ3) is 2.59. The van der Waals surface area contributed by atoms with Crippen molar-refractivity contribution in [3.05, 3.63) is 34.1 Å². The van der Waals surface area contributed by atoms with Gasteiger partial charge in [0.25, 0.3) is 5.91 Å². The molecule has 1 unspecified atom stereocenters. The number of halogens is 2. The van der Waals surface area contributed by atoms with Gasteiger partial charge in [0.05, 0.1) is 22.7 Å². The van der Waals surface area contributed by atoms with Crippen LogP contribution in [0.2, 0.25) is 0 Å². The lowest BCUT2D eigenvalue weighted by molar-refractivity contribution is 0.0677. The van der Waals surface area contributed by atoms with Crippen molar-refractivity contribution in [2.24, 2.45) is 0 Å². The number of amides is 1. The summed E-state index contributed by atoms with van der Waals surface area (Å²) in [6.45, 7) is 1.53. The summed E-state index contributed by atoms with van der Waals surface area (Å²) in [6, 6.07) is 4.20. The Balaban J connectivity index is 3.01. The Morgan fingerprint density at radius 2 is 2.25 bits per heavy atom. The van der Waals surface area contributed by atoms with E-state index in [1.165, 1.54) is 24.1 Å². The summed E-state index contributed by atoms with van der Waals surface area (Å²) in [5, 5.41) is 8.93. The number of hydrogen-bond acceptors (Lipinski definition) is 2. The van der Waals surface area contributed by atoms with Crippen LogP contribution in [0.25, 0.3) is 0 Å². The first-order chi connectivity index (χ1) is 7.49. The molecule has 16 heavy (non-hydrogen) atoms. The van der Waals surface area contributed by atoms with Crippen molar-refractivity contribution in [2.45, 2.75) is 13.0 Å². The van der Waals surface area contributed by atoms with Crippen LogP contribution in [-0.2, 0) is 0 Å². The molecule has 0 aromatic heterocycles. The van der Waals surface area contributed by atoms with E-state index in [-0.39, 0.29) is 22.7 Å². The van der Waals surface area contributed by atoms with Gasteiger partial charge in [0.1, 0.15) is 5.82 Å². The summed E-state index contributed by atoms with van der Waals surface area (Å²) >= 11 is 3.02. The summed E-state index contributed by atoms with van der Waals surface area (Å²) < 4.78 is 13.9. The molecule has 0 aliphatic rings. The minimum absolute atomic E-state index is 0.00262. The molecule has 5 heteroatoms. The Labute approximate surface area is 102 Å². The van der Waals surface area contributed by atoms with E-state index >= 15 is 0 Å². The summed E-state index contributed by atoms with van der Waals surface area (Å²) in [5.41, 5.74) is -0.00262. The highest BCUT2D eigenvalue weighted by Crippen LogP contribution is 2.20. The van der Waals surface area contributed by atoms with Crippen LogP contribution in [0.1, 0.15) is 17.3 Å². The van der Waals surface area contributed by atoms with Gasteiger partial charge in [-0.2, -0.15) is 0 Å². The number of rotatable bonds is 3. The lowest BCUT2D eigenvalue weighted by Crippen LogP contribution is -2.37. The smallest absolute Gasteiger partial charge is 0.256 e. The van der Waals surface area contributed by atoms with E-state index in [0.717, 1.165) is 0 Å². The fourth-order valence-electron chi connectivity index (χ4n) is 1.18. The van der Waals surface area contributed by atoms with Crippen molar-refractivity contribution in [2.75, 3.05) is 13.7 Å². The molecule has 0 spiro atoms. The third-order valence-electron chi connectivity index (χ3n) is 2.43. The molecule has 88 valence electrons. The zero-order valence-electron chi connectivity index (χ0n) is 9.08. The van der Waals surface area contributed by atoms with Crippen LogP contribution in [0.3, 0.4) is 0 Å². The predicted molar refractivity (Wildman–Crippen MR) is 62.7 cm³/mol. The highest BCUT2D eigenvalue weighted by Gasteiger charge is 2.20. The van der Waals surface area contributed by atoms with E-state index in [1.807, 2.05) is 0 Å². The highest BCUT2D eigenvalue weighted by atomic mass is 79.9. The van der Waals surface area contributed by atoms with Gasteiger partial charge in [0.2, 0.25) is 0 Å². The zero-order chi connectivity index (χ0) is 12.3. The molecule has 3 nitrogen and oxygen atoms in total. The van der Waals surface area contributed by atoms with Crippen molar-refractivity contribution < 1.29 is 14.3 Å². The monoisotopic (exact) mass is 289 g/mol. The first-order valence-corrected chi connectivity index (χ1v) is 5.60. The van der Waals surface area contributed by atoms with E-state index in [1.54, 1.807) is 13.0 Å². The Morgan fingerprint density at radius 1 is 1.62 bits per heavy atom. The number of likely N-dealkylation sites (N-methyl/N-ethyl adjacent to an activating group) is 1. The van der Waals surface area contributed by atoms with E-state index in [9.17, 15) is 9.18 Å². The molecular weight excluding hydrogens is 277 g/mol. The minimum atomic E-state index is -0.579.